The highest BCUT2D eigenvalue weighted by atomic mass is 16.5. The van der Waals surface area contributed by atoms with Gasteiger partial charge in [0.1, 0.15) is 5.75 Å². The molecule has 0 unspecified atom stereocenters. The van der Waals surface area contributed by atoms with Crippen LogP contribution in [0.2, 0.25) is 0 Å². The maximum absolute atomic E-state index is 6.47. The Kier molecular flexibility index (Phi) is 7.27. The summed E-state index contributed by atoms with van der Waals surface area (Å²) >= 11 is 0. The van der Waals surface area contributed by atoms with Gasteiger partial charge < -0.3 is 16.2 Å². The number of hydrogen-bond acceptors (Lipinski definition) is 3. The van der Waals surface area contributed by atoms with Crippen molar-refractivity contribution in [3.05, 3.63) is 87.5 Å². The number of ether oxygens (including phenoxy) is 1. The molecule has 3 aromatic carbocycles. The van der Waals surface area contributed by atoms with Crippen molar-refractivity contribution in [2.45, 2.75) is 59.3 Å². The molecular formula is C28H36N2O. The molecule has 0 aliphatic heterocycles. The van der Waals surface area contributed by atoms with E-state index < -0.39 is 0 Å². The van der Waals surface area contributed by atoms with E-state index in [1.807, 2.05) is 12.1 Å². The lowest BCUT2D eigenvalue weighted by Crippen LogP contribution is -2.10. The molecule has 0 amide bonds. The molecule has 0 heterocycles. The van der Waals surface area contributed by atoms with Gasteiger partial charge in [-0.3, -0.25) is 0 Å². The highest BCUT2D eigenvalue weighted by Gasteiger charge is 2.21. The number of anilines is 2. The number of nitrogen functional groups attached to an aromatic ring is 2. The molecule has 164 valence electrons. The van der Waals surface area contributed by atoms with Gasteiger partial charge in [-0.25, -0.2) is 0 Å². The van der Waals surface area contributed by atoms with Crippen LogP contribution in [0.5, 0.6) is 5.75 Å². The maximum atomic E-state index is 6.47. The largest absolute Gasteiger partial charge is 0.497 e. The number of nitrogens with two attached hydrogens (primary N) is 2. The standard InChI is InChI=1S/C28H36N2O/c1-6-18-14-23(15-19(7-2)27(18)29)26(22-10-12-25(31-5)13-11-22)24-16-20(8-3)28(30)21(9-4)17-24/h10-17,26H,6-9,29-30H2,1-5H3. The number of methoxy groups -OCH3 is 1. The van der Waals surface area contributed by atoms with Crippen molar-refractivity contribution < 1.29 is 4.74 Å². The summed E-state index contributed by atoms with van der Waals surface area (Å²) in [5, 5.41) is 0. The van der Waals surface area contributed by atoms with Crippen molar-refractivity contribution in [2.75, 3.05) is 18.6 Å². The van der Waals surface area contributed by atoms with Crippen molar-refractivity contribution >= 4 is 11.4 Å². The minimum absolute atomic E-state index is 0.110. The summed E-state index contributed by atoms with van der Waals surface area (Å²) in [5.74, 6) is 0.974. The first-order chi connectivity index (χ1) is 15.0. The summed E-state index contributed by atoms with van der Waals surface area (Å²) in [4.78, 5) is 0. The number of benzene rings is 3. The van der Waals surface area contributed by atoms with E-state index in [1.165, 1.54) is 38.9 Å². The Morgan fingerprint density at radius 1 is 0.613 bits per heavy atom. The van der Waals surface area contributed by atoms with Crippen molar-refractivity contribution in [3.8, 4) is 5.75 Å². The molecule has 0 radical (unpaired) electrons. The summed E-state index contributed by atoms with van der Waals surface area (Å²) in [6.07, 6.45) is 3.68. The van der Waals surface area contributed by atoms with Crippen LogP contribution in [0.15, 0.2) is 48.5 Å². The van der Waals surface area contributed by atoms with Crippen LogP contribution in [-0.4, -0.2) is 7.11 Å². The average molecular weight is 417 g/mol. The average Bonchev–Trinajstić information content (AvgIpc) is 2.81. The molecule has 0 atom stereocenters. The molecule has 3 rings (SSSR count). The first-order valence-electron chi connectivity index (χ1n) is 11.4. The molecule has 0 fully saturated rings. The second-order valence-corrected chi connectivity index (χ2v) is 8.13. The van der Waals surface area contributed by atoms with E-state index in [-0.39, 0.29) is 5.92 Å². The lowest BCUT2D eigenvalue weighted by Gasteiger charge is -2.24. The van der Waals surface area contributed by atoms with Crippen LogP contribution in [0.4, 0.5) is 11.4 Å². The Balaban J connectivity index is 2.29. The van der Waals surface area contributed by atoms with Gasteiger partial charge in [0.25, 0.3) is 0 Å². The fourth-order valence-electron chi connectivity index (χ4n) is 4.49. The van der Waals surface area contributed by atoms with E-state index in [0.717, 1.165) is 42.8 Å². The van der Waals surface area contributed by atoms with Gasteiger partial charge in [0.2, 0.25) is 0 Å². The first kappa shape index (κ1) is 22.7. The van der Waals surface area contributed by atoms with Crippen LogP contribution in [0.1, 0.15) is 72.6 Å². The van der Waals surface area contributed by atoms with Crippen molar-refractivity contribution in [2.24, 2.45) is 0 Å². The molecule has 0 aliphatic rings. The van der Waals surface area contributed by atoms with Crippen molar-refractivity contribution in [3.63, 3.8) is 0 Å². The zero-order valence-corrected chi connectivity index (χ0v) is 19.6. The summed E-state index contributed by atoms with van der Waals surface area (Å²) in [5.41, 5.74) is 23.5. The minimum atomic E-state index is 0.110. The summed E-state index contributed by atoms with van der Waals surface area (Å²) in [7, 11) is 1.70. The number of aryl methyl sites for hydroxylation is 4. The third-order valence-electron chi connectivity index (χ3n) is 6.39. The Morgan fingerprint density at radius 3 is 1.26 bits per heavy atom. The first-order valence-corrected chi connectivity index (χ1v) is 11.4. The SMILES string of the molecule is CCc1cc(C(c2ccc(OC)cc2)c2cc(CC)c(N)c(CC)c2)cc(CC)c1N. The molecule has 0 saturated carbocycles. The molecule has 0 aliphatic carbocycles. The zero-order chi connectivity index (χ0) is 22.5. The fourth-order valence-corrected chi connectivity index (χ4v) is 4.49. The monoisotopic (exact) mass is 416 g/mol. The van der Waals surface area contributed by atoms with Gasteiger partial charge >= 0.3 is 0 Å². The quantitative estimate of drug-likeness (QED) is 0.335. The van der Waals surface area contributed by atoms with Crippen LogP contribution in [0.3, 0.4) is 0 Å². The molecule has 3 aromatic rings. The minimum Gasteiger partial charge on any atom is -0.497 e. The molecule has 3 nitrogen and oxygen atoms in total. The maximum Gasteiger partial charge on any atom is 0.118 e. The zero-order valence-electron chi connectivity index (χ0n) is 19.6. The molecule has 0 spiro atoms. The highest BCUT2D eigenvalue weighted by Crippen LogP contribution is 2.38. The Morgan fingerprint density at radius 2 is 0.968 bits per heavy atom. The summed E-state index contributed by atoms with van der Waals surface area (Å²) in [6, 6.07) is 17.6. The third-order valence-corrected chi connectivity index (χ3v) is 6.39. The molecule has 0 saturated heterocycles. The van der Waals surface area contributed by atoms with Gasteiger partial charge in [0, 0.05) is 17.3 Å². The molecule has 3 heteroatoms. The third kappa shape index (κ3) is 4.56. The molecule has 0 aromatic heterocycles. The molecular weight excluding hydrogens is 380 g/mol. The lowest BCUT2D eigenvalue weighted by atomic mass is 9.81. The predicted octanol–water partition coefficient (Wildman–Crippen LogP) is 6.29. The summed E-state index contributed by atoms with van der Waals surface area (Å²) < 4.78 is 5.40. The van der Waals surface area contributed by atoms with Gasteiger partial charge in [-0.15, -0.1) is 0 Å². The van der Waals surface area contributed by atoms with Gasteiger partial charge in [-0.05, 0) is 76.8 Å². The van der Waals surface area contributed by atoms with Crippen LogP contribution in [-0.2, 0) is 25.7 Å². The van der Waals surface area contributed by atoms with Crippen LogP contribution in [0, 0.1) is 0 Å². The molecule has 4 N–H and O–H groups in total. The van der Waals surface area contributed by atoms with Crippen molar-refractivity contribution in [1.82, 2.24) is 0 Å². The van der Waals surface area contributed by atoms with Crippen LogP contribution >= 0.6 is 0 Å². The Hall–Kier alpha value is -2.94. The van der Waals surface area contributed by atoms with Gasteiger partial charge in [0.15, 0.2) is 0 Å². The summed E-state index contributed by atoms with van der Waals surface area (Å²) in [6.45, 7) is 8.69. The number of rotatable bonds is 8. The van der Waals surface area contributed by atoms with Crippen LogP contribution in [0.25, 0.3) is 0 Å². The predicted molar refractivity (Wildman–Crippen MR) is 133 cm³/mol. The van der Waals surface area contributed by atoms with E-state index in [4.69, 9.17) is 16.2 Å². The van der Waals surface area contributed by atoms with E-state index in [9.17, 15) is 0 Å². The van der Waals surface area contributed by atoms with E-state index in [1.54, 1.807) is 7.11 Å². The van der Waals surface area contributed by atoms with Gasteiger partial charge in [0.05, 0.1) is 7.11 Å². The van der Waals surface area contributed by atoms with Crippen LogP contribution < -0.4 is 16.2 Å². The molecule has 0 bridgehead atoms. The van der Waals surface area contributed by atoms with E-state index >= 15 is 0 Å². The van der Waals surface area contributed by atoms with Gasteiger partial charge in [-0.2, -0.15) is 0 Å². The molecule has 31 heavy (non-hydrogen) atoms. The normalized spacial score (nSPS) is 11.2. The smallest absolute Gasteiger partial charge is 0.118 e. The number of hydrogen-bond donors (Lipinski definition) is 2. The van der Waals surface area contributed by atoms with Gasteiger partial charge in [-0.1, -0.05) is 64.1 Å². The van der Waals surface area contributed by atoms with E-state index in [2.05, 4.69) is 64.1 Å². The Bertz CT molecular complexity index is 926. The highest BCUT2D eigenvalue weighted by molar-refractivity contribution is 5.61. The van der Waals surface area contributed by atoms with Crippen molar-refractivity contribution in [1.29, 1.82) is 0 Å². The Labute approximate surface area is 187 Å². The van der Waals surface area contributed by atoms with E-state index in [0.29, 0.717) is 0 Å². The lowest BCUT2D eigenvalue weighted by molar-refractivity contribution is 0.414. The second-order valence-electron chi connectivity index (χ2n) is 8.13. The second kappa shape index (κ2) is 9.91. The topological polar surface area (TPSA) is 61.3 Å². The fraction of sp³-hybridized carbons (Fsp3) is 0.357.